The van der Waals surface area contributed by atoms with Crippen LogP contribution in [0.4, 0.5) is 11.4 Å². The minimum Gasteiger partial charge on any atom is -0.397 e. The van der Waals surface area contributed by atoms with Crippen LogP contribution >= 0.6 is 23.2 Å². The van der Waals surface area contributed by atoms with Crippen molar-refractivity contribution in [3.8, 4) is 0 Å². The van der Waals surface area contributed by atoms with Gasteiger partial charge in [0.1, 0.15) is 0 Å². The Morgan fingerprint density at radius 1 is 1.41 bits per heavy atom. The highest BCUT2D eigenvalue weighted by Crippen LogP contribution is 2.31. The minimum absolute atomic E-state index is 0.206. The van der Waals surface area contributed by atoms with Gasteiger partial charge < -0.3 is 15.8 Å². The highest BCUT2D eigenvalue weighted by molar-refractivity contribution is 6.42. The summed E-state index contributed by atoms with van der Waals surface area (Å²) < 4.78 is 5.62. The third-order valence-corrected chi connectivity index (χ3v) is 3.72. The van der Waals surface area contributed by atoms with Crippen molar-refractivity contribution in [2.45, 2.75) is 31.9 Å². The Morgan fingerprint density at radius 2 is 2.12 bits per heavy atom. The SMILES string of the molecule is CC(Nc1cc(Cl)c(Cl)cc1N)C1CCCO1. The first kappa shape index (κ1) is 12.8. The van der Waals surface area contributed by atoms with E-state index < -0.39 is 0 Å². The molecule has 1 aromatic carbocycles. The molecule has 5 heteroatoms. The van der Waals surface area contributed by atoms with Crippen molar-refractivity contribution in [2.75, 3.05) is 17.7 Å². The monoisotopic (exact) mass is 274 g/mol. The summed E-state index contributed by atoms with van der Waals surface area (Å²) in [5.41, 5.74) is 7.30. The van der Waals surface area contributed by atoms with Gasteiger partial charge in [-0.15, -0.1) is 0 Å². The predicted molar refractivity (Wildman–Crippen MR) is 72.9 cm³/mol. The summed E-state index contributed by atoms with van der Waals surface area (Å²) in [5, 5.41) is 4.30. The minimum atomic E-state index is 0.206. The van der Waals surface area contributed by atoms with Gasteiger partial charge in [0.05, 0.1) is 27.5 Å². The van der Waals surface area contributed by atoms with Crippen molar-refractivity contribution in [1.82, 2.24) is 0 Å². The van der Waals surface area contributed by atoms with Crippen LogP contribution in [0.3, 0.4) is 0 Å². The van der Waals surface area contributed by atoms with Gasteiger partial charge in [-0.3, -0.25) is 0 Å². The molecule has 17 heavy (non-hydrogen) atoms. The number of benzene rings is 1. The maximum atomic E-state index is 5.97. The third kappa shape index (κ3) is 2.97. The Kier molecular flexibility index (Phi) is 4.02. The summed E-state index contributed by atoms with van der Waals surface area (Å²) in [4.78, 5) is 0. The lowest BCUT2D eigenvalue weighted by atomic mass is 10.1. The van der Waals surface area contributed by atoms with E-state index in [-0.39, 0.29) is 12.1 Å². The maximum Gasteiger partial charge on any atom is 0.0774 e. The van der Waals surface area contributed by atoms with E-state index in [1.54, 1.807) is 12.1 Å². The summed E-state index contributed by atoms with van der Waals surface area (Å²) in [6, 6.07) is 3.62. The number of rotatable bonds is 3. The Bertz CT molecular complexity index is 406. The summed E-state index contributed by atoms with van der Waals surface area (Å²) in [6.07, 6.45) is 2.44. The van der Waals surface area contributed by atoms with Gasteiger partial charge in [0, 0.05) is 12.6 Å². The predicted octanol–water partition coefficient (Wildman–Crippen LogP) is 3.56. The van der Waals surface area contributed by atoms with Gasteiger partial charge in [0.25, 0.3) is 0 Å². The van der Waals surface area contributed by atoms with Gasteiger partial charge in [-0.05, 0) is 31.9 Å². The molecule has 2 unspecified atom stereocenters. The van der Waals surface area contributed by atoms with E-state index in [2.05, 4.69) is 12.2 Å². The lowest BCUT2D eigenvalue weighted by molar-refractivity contribution is 0.0997. The maximum absolute atomic E-state index is 5.97. The zero-order valence-electron chi connectivity index (χ0n) is 9.67. The number of nitrogens with two attached hydrogens (primary N) is 1. The van der Waals surface area contributed by atoms with E-state index in [4.69, 9.17) is 33.7 Å². The van der Waals surface area contributed by atoms with Crippen molar-refractivity contribution < 1.29 is 4.74 Å². The molecule has 3 nitrogen and oxygen atoms in total. The first-order valence-electron chi connectivity index (χ1n) is 5.70. The molecular formula is C12H16Cl2N2O. The van der Waals surface area contributed by atoms with Crippen LogP contribution in [0, 0.1) is 0 Å². The summed E-state index contributed by atoms with van der Waals surface area (Å²) in [6.45, 7) is 2.92. The van der Waals surface area contributed by atoms with E-state index in [9.17, 15) is 0 Å². The van der Waals surface area contributed by atoms with Gasteiger partial charge in [-0.1, -0.05) is 23.2 Å². The molecule has 0 aromatic heterocycles. The second-order valence-electron chi connectivity index (χ2n) is 4.34. The molecule has 0 bridgehead atoms. The molecule has 3 N–H and O–H groups in total. The smallest absolute Gasteiger partial charge is 0.0774 e. The van der Waals surface area contributed by atoms with Gasteiger partial charge in [-0.25, -0.2) is 0 Å². The van der Waals surface area contributed by atoms with Crippen LogP contribution in [0.15, 0.2) is 12.1 Å². The molecule has 2 atom stereocenters. The zero-order valence-corrected chi connectivity index (χ0v) is 11.2. The van der Waals surface area contributed by atoms with Crippen LogP contribution in [-0.4, -0.2) is 18.8 Å². The number of hydrogen-bond donors (Lipinski definition) is 2. The van der Waals surface area contributed by atoms with Crippen molar-refractivity contribution in [3.63, 3.8) is 0 Å². The summed E-state index contributed by atoms with van der Waals surface area (Å²) in [5.74, 6) is 0. The van der Waals surface area contributed by atoms with Crippen LogP contribution in [-0.2, 0) is 4.74 Å². The first-order valence-corrected chi connectivity index (χ1v) is 6.46. The lowest BCUT2D eigenvalue weighted by Gasteiger charge is -2.22. The van der Waals surface area contributed by atoms with Crippen molar-refractivity contribution in [3.05, 3.63) is 22.2 Å². The summed E-state index contributed by atoms with van der Waals surface area (Å²) in [7, 11) is 0. The average molecular weight is 275 g/mol. The number of anilines is 2. The van der Waals surface area contributed by atoms with Crippen LogP contribution < -0.4 is 11.1 Å². The number of nitrogen functional groups attached to an aromatic ring is 1. The van der Waals surface area contributed by atoms with Gasteiger partial charge >= 0.3 is 0 Å². The molecule has 1 aromatic rings. The largest absolute Gasteiger partial charge is 0.397 e. The van der Waals surface area contributed by atoms with Crippen molar-refractivity contribution >= 4 is 34.6 Å². The standard InChI is InChI=1S/C12H16Cl2N2O/c1-7(12-3-2-4-17-12)16-11-6-9(14)8(13)5-10(11)15/h5-7,12,16H,2-4,15H2,1H3. The van der Waals surface area contributed by atoms with Crippen LogP contribution in [0.25, 0.3) is 0 Å². The van der Waals surface area contributed by atoms with Crippen LogP contribution in [0.5, 0.6) is 0 Å². The van der Waals surface area contributed by atoms with E-state index in [0.29, 0.717) is 15.7 Å². The fourth-order valence-corrected chi connectivity index (χ4v) is 2.36. The molecule has 1 aliphatic heterocycles. The fourth-order valence-electron chi connectivity index (χ4n) is 2.02. The van der Waals surface area contributed by atoms with Crippen molar-refractivity contribution in [2.24, 2.45) is 0 Å². The summed E-state index contributed by atoms with van der Waals surface area (Å²) >= 11 is 11.9. The molecule has 0 aliphatic carbocycles. The fraction of sp³-hybridized carbons (Fsp3) is 0.500. The Labute approximate surface area is 111 Å². The second kappa shape index (κ2) is 5.34. The average Bonchev–Trinajstić information content (AvgIpc) is 2.79. The van der Waals surface area contributed by atoms with Crippen LogP contribution in [0.2, 0.25) is 10.0 Å². The molecule has 1 fully saturated rings. The normalized spacial score (nSPS) is 21.5. The number of ether oxygens (including phenoxy) is 1. The molecule has 0 spiro atoms. The van der Waals surface area contributed by atoms with Crippen LogP contribution in [0.1, 0.15) is 19.8 Å². The number of nitrogens with one attached hydrogen (secondary N) is 1. The molecular weight excluding hydrogens is 259 g/mol. The van der Waals surface area contributed by atoms with E-state index in [1.165, 1.54) is 0 Å². The third-order valence-electron chi connectivity index (χ3n) is 3.00. The molecule has 2 rings (SSSR count). The van der Waals surface area contributed by atoms with Gasteiger partial charge in [0.2, 0.25) is 0 Å². The molecule has 1 saturated heterocycles. The molecule has 1 heterocycles. The Hall–Kier alpha value is -0.640. The van der Waals surface area contributed by atoms with Gasteiger partial charge in [0.15, 0.2) is 0 Å². The first-order chi connectivity index (χ1) is 8.08. The topological polar surface area (TPSA) is 47.3 Å². The Morgan fingerprint density at radius 3 is 2.76 bits per heavy atom. The second-order valence-corrected chi connectivity index (χ2v) is 5.15. The number of halogens is 2. The molecule has 0 amide bonds. The number of hydrogen-bond acceptors (Lipinski definition) is 3. The van der Waals surface area contributed by atoms with E-state index >= 15 is 0 Å². The Balaban J connectivity index is 2.09. The van der Waals surface area contributed by atoms with Crippen molar-refractivity contribution in [1.29, 1.82) is 0 Å². The quantitative estimate of drug-likeness (QED) is 0.829. The van der Waals surface area contributed by atoms with E-state index in [0.717, 1.165) is 25.1 Å². The molecule has 0 radical (unpaired) electrons. The molecule has 1 aliphatic rings. The van der Waals surface area contributed by atoms with Gasteiger partial charge in [-0.2, -0.15) is 0 Å². The highest BCUT2D eigenvalue weighted by atomic mass is 35.5. The molecule has 0 saturated carbocycles. The lowest BCUT2D eigenvalue weighted by Crippen LogP contribution is -2.30. The van der Waals surface area contributed by atoms with E-state index in [1.807, 2.05) is 0 Å². The molecule has 94 valence electrons. The highest BCUT2D eigenvalue weighted by Gasteiger charge is 2.22. The zero-order chi connectivity index (χ0) is 12.4.